The Labute approximate surface area is 219 Å². The van der Waals surface area contributed by atoms with Gasteiger partial charge in [-0.05, 0) is 59.9 Å². The van der Waals surface area contributed by atoms with Gasteiger partial charge in [0.05, 0.1) is 0 Å². The zero-order chi connectivity index (χ0) is 25.6. The Morgan fingerprint density at radius 2 is 1.31 bits per heavy atom. The van der Waals surface area contributed by atoms with Crippen molar-refractivity contribution in [3.8, 4) is 16.9 Å². The summed E-state index contributed by atoms with van der Waals surface area (Å²) in [7, 11) is 0. The van der Waals surface area contributed by atoms with Gasteiger partial charge in [-0.15, -0.1) is 0 Å². The lowest BCUT2D eigenvalue weighted by Gasteiger charge is -2.28. The van der Waals surface area contributed by atoms with Crippen LogP contribution in [0.2, 0.25) is 0 Å². The topological polar surface area (TPSA) is 26.3 Å². The van der Waals surface area contributed by atoms with Gasteiger partial charge >= 0.3 is 5.97 Å². The molecule has 2 nitrogen and oxygen atoms in total. The normalized spacial score (nSPS) is 18.6. The zero-order valence-corrected chi connectivity index (χ0v) is 22.7. The lowest BCUT2D eigenvalue weighted by molar-refractivity contribution is -0.140. The lowest BCUT2D eigenvalue weighted by atomic mass is 9.78. The number of halogens is 1. The Kier molecular flexibility index (Phi) is 12.5. The summed E-state index contributed by atoms with van der Waals surface area (Å²) in [6.45, 7) is 4.27. The van der Waals surface area contributed by atoms with E-state index in [-0.39, 0.29) is 6.42 Å². The van der Waals surface area contributed by atoms with E-state index in [2.05, 4.69) is 31.2 Å². The van der Waals surface area contributed by atoms with Crippen LogP contribution in [0.4, 0.5) is 4.39 Å². The van der Waals surface area contributed by atoms with Crippen LogP contribution in [0.5, 0.6) is 5.75 Å². The fourth-order valence-corrected chi connectivity index (χ4v) is 5.51. The van der Waals surface area contributed by atoms with Crippen LogP contribution in [0, 0.1) is 11.8 Å². The molecule has 0 amide bonds. The van der Waals surface area contributed by atoms with E-state index < -0.39 is 12.1 Å². The average Bonchev–Trinajstić information content (AvgIpc) is 2.91. The standard InChI is InChI=1S/C33H47FO2/c1-3-5-7-10-26-14-16-27(17-15-26)11-8-9-12-28-18-20-29(21-19-28)30-22-24-31(25-23-30)36-33(35)32(34)13-6-4-2/h18-27,32H,3-17H2,1-2H3/t26?,27?,32-/m1/s1. The molecule has 0 aromatic heterocycles. The van der Waals surface area contributed by atoms with E-state index in [4.69, 9.17) is 4.74 Å². The molecular formula is C33H47FO2. The highest BCUT2D eigenvalue weighted by Gasteiger charge is 2.20. The molecule has 1 saturated carbocycles. The van der Waals surface area contributed by atoms with E-state index in [1.165, 1.54) is 76.2 Å². The molecule has 0 spiro atoms. The van der Waals surface area contributed by atoms with E-state index in [1.54, 1.807) is 12.1 Å². The molecule has 0 unspecified atom stereocenters. The van der Waals surface area contributed by atoms with E-state index in [0.29, 0.717) is 12.2 Å². The van der Waals surface area contributed by atoms with Crippen LogP contribution in [-0.4, -0.2) is 12.1 Å². The van der Waals surface area contributed by atoms with Crippen LogP contribution in [0.3, 0.4) is 0 Å². The average molecular weight is 495 g/mol. The summed E-state index contributed by atoms with van der Waals surface area (Å²) in [5.74, 6) is 1.57. The molecular weight excluding hydrogens is 447 g/mol. The monoisotopic (exact) mass is 494 g/mol. The van der Waals surface area contributed by atoms with Crippen molar-refractivity contribution in [3.63, 3.8) is 0 Å². The number of carbonyl (C=O) groups is 1. The van der Waals surface area contributed by atoms with Crippen molar-refractivity contribution in [1.82, 2.24) is 0 Å². The van der Waals surface area contributed by atoms with Crippen molar-refractivity contribution >= 4 is 5.97 Å². The molecule has 1 aliphatic carbocycles. The first-order chi connectivity index (χ1) is 17.6. The van der Waals surface area contributed by atoms with Crippen molar-refractivity contribution in [1.29, 1.82) is 0 Å². The molecule has 2 aromatic carbocycles. The summed E-state index contributed by atoms with van der Waals surface area (Å²) in [5.41, 5.74) is 3.60. The number of hydrogen-bond acceptors (Lipinski definition) is 2. The van der Waals surface area contributed by atoms with E-state index >= 15 is 0 Å². The second kappa shape index (κ2) is 15.8. The third-order valence-corrected chi connectivity index (χ3v) is 7.94. The second-order valence-electron chi connectivity index (χ2n) is 10.9. The maximum atomic E-state index is 13.8. The van der Waals surface area contributed by atoms with Gasteiger partial charge in [-0.3, -0.25) is 0 Å². The first-order valence-electron chi connectivity index (χ1n) is 14.6. The van der Waals surface area contributed by atoms with Crippen molar-refractivity contribution in [2.75, 3.05) is 0 Å². The van der Waals surface area contributed by atoms with Crippen LogP contribution in [0.25, 0.3) is 11.1 Å². The Morgan fingerprint density at radius 1 is 0.778 bits per heavy atom. The Bertz CT molecular complexity index is 866. The van der Waals surface area contributed by atoms with Crippen LogP contribution in [0.1, 0.15) is 109 Å². The summed E-state index contributed by atoms with van der Waals surface area (Å²) < 4.78 is 19.0. The summed E-state index contributed by atoms with van der Waals surface area (Å²) in [4.78, 5) is 11.9. The maximum Gasteiger partial charge on any atom is 0.346 e. The van der Waals surface area contributed by atoms with Gasteiger partial charge in [-0.25, -0.2) is 9.18 Å². The third-order valence-electron chi connectivity index (χ3n) is 7.94. The number of hydrogen-bond donors (Lipinski definition) is 0. The smallest absolute Gasteiger partial charge is 0.346 e. The van der Waals surface area contributed by atoms with Gasteiger partial charge < -0.3 is 4.74 Å². The van der Waals surface area contributed by atoms with Crippen molar-refractivity contribution < 1.29 is 13.9 Å². The van der Waals surface area contributed by atoms with Crippen LogP contribution in [-0.2, 0) is 11.2 Å². The maximum absolute atomic E-state index is 13.8. The molecule has 1 fully saturated rings. The number of esters is 1. The van der Waals surface area contributed by atoms with Gasteiger partial charge in [0.25, 0.3) is 0 Å². The van der Waals surface area contributed by atoms with Gasteiger partial charge in [0.15, 0.2) is 6.17 Å². The van der Waals surface area contributed by atoms with E-state index in [9.17, 15) is 9.18 Å². The van der Waals surface area contributed by atoms with Gasteiger partial charge in [0, 0.05) is 0 Å². The fraction of sp³-hybridized carbons (Fsp3) is 0.606. The number of benzene rings is 2. The quantitative estimate of drug-likeness (QED) is 0.140. The SMILES string of the molecule is CCCCCC1CCC(CCCCc2ccc(-c3ccc(OC(=O)[C@H](F)CCCC)cc3)cc2)CC1. The van der Waals surface area contributed by atoms with E-state index in [0.717, 1.165) is 35.8 Å². The number of carbonyl (C=O) groups excluding carboxylic acids is 1. The highest BCUT2D eigenvalue weighted by molar-refractivity contribution is 5.77. The summed E-state index contributed by atoms with van der Waals surface area (Å²) in [5, 5.41) is 0. The highest BCUT2D eigenvalue weighted by atomic mass is 19.1. The molecule has 1 aliphatic rings. The molecule has 0 bridgehead atoms. The van der Waals surface area contributed by atoms with Crippen LogP contribution >= 0.6 is 0 Å². The minimum atomic E-state index is -1.55. The Morgan fingerprint density at radius 3 is 1.86 bits per heavy atom. The first kappa shape index (κ1) is 28.4. The van der Waals surface area contributed by atoms with Gasteiger partial charge in [-0.2, -0.15) is 0 Å². The molecule has 0 N–H and O–H groups in total. The molecule has 2 aromatic rings. The van der Waals surface area contributed by atoms with Crippen molar-refractivity contribution in [2.45, 2.75) is 116 Å². The predicted octanol–water partition coefficient (Wildman–Crippen LogP) is 9.89. The number of aryl methyl sites for hydroxylation is 1. The Hall–Kier alpha value is -2.16. The summed E-state index contributed by atoms with van der Waals surface area (Å²) >= 11 is 0. The van der Waals surface area contributed by atoms with Gasteiger partial charge in [0.1, 0.15) is 5.75 Å². The van der Waals surface area contributed by atoms with E-state index in [1.807, 2.05) is 19.1 Å². The van der Waals surface area contributed by atoms with Crippen molar-refractivity contribution in [3.05, 3.63) is 54.1 Å². The zero-order valence-electron chi connectivity index (χ0n) is 22.7. The lowest BCUT2D eigenvalue weighted by Crippen LogP contribution is -2.21. The minimum Gasteiger partial charge on any atom is -0.424 e. The summed E-state index contributed by atoms with van der Waals surface area (Å²) in [6, 6.07) is 16.1. The Balaban J connectivity index is 1.35. The number of alkyl halides is 1. The first-order valence-corrected chi connectivity index (χ1v) is 14.6. The molecule has 1 atom stereocenters. The third kappa shape index (κ3) is 9.71. The number of rotatable bonds is 15. The number of unbranched alkanes of at least 4 members (excludes halogenated alkanes) is 4. The molecule has 198 valence electrons. The molecule has 0 radical (unpaired) electrons. The predicted molar refractivity (Wildman–Crippen MR) is 149 cm³/mol. The molecule has 0 saturated heterocycles. The highest BCUT2D eigenvalue weighted by Crippen LogP contribution is 2.34. The van der Waals surface area contributed by atoms with Gasteiger partial charge in [-0.1, -0.05) is 127 Å². The molecule has 36 heavy (non-hydrogen) atoms. The van der Waals surface area contributed by atoms with Crippen LogP contribution < -0.4 is 4.74 Å². The number of ether oxygens (including phenoxy) is 1. The van der Waals surface area contributed by atoms with Gasteiger partial charge in [0.2, 0.25) is 0 Å². The second-order valence-corrected chi connectivity index (χ2v) is 10.9. The molecule has 0 heterocycles. The molecule has 3 rings (SSSR count). The fourth-order valence-electron chi connectivity index (χ4n) is 5.51. The molecule has 3 heteroatoms. The summed E-state index contributed by atoms with van der Waals surface area (Å²) in [6.07, 6.45) is 16.9. The molecule has 0 aliphatic heterocycles. The largest absolute Gasteiger partial charge is 0.424 e. The minimum absolute atomic E-state index is 0.222. The van der Waals surface area contributed by atoms with Crippen LogP contribution in [0.15, 0.2) is 48.5 Å². The van der Waals surface area contributed by atoms with Crippen molar-refractivity contribution in [2.24, 2.45) is 11.8 Å².